The van der Waals surface area contributed by atoms with Crippen LogP contribution >= 0.6 is 0 Å². The molecule has 0 radical (unpaired) electrons. The zero-order chi connectivity index (χ0) is 21.6. The molecule has 0 unspecified atom stereocenters. The summed E-state index contributed by atoms with van der Waals surface area (Å²) < 4.78 is 6.65. The molecule has 4 rings (SSSR count). The Morgan fingerprint density at radius 1 is 0.967 bits per heavy atom. The highest BCUT2D eigenvalue weighted by atomic mass is 28.4. The first-order chi connectivity index (χ1) is 14.2. The number of hydrogen-bond donors (Lipinski definition) is 0. The third-order valence-corrected chi connectivity index (χ3v) is 9.63. The molecule has 0 aromatic rings. The summed E-state index contributed by atoms with van der Waals surface area (Å²) in [5, 5.41) is 8.76. The number of rotatable bonds is 5. The Balaban J connectivity index is 1.68. The van der Waals surface area contributed by atoms with E-state index in [1.54, 1.807) is 19.8 Å². The number of hydrogen-bond acceptors (Lipinski definition) is 5. The molecule has 0 aliphatic heterocycles. The summed E-state index contributed by atoms with van der Waals surface area (Å²) >= 11 is 0. The summed E-state index contributed by atoms with van der Waals surface area (Å²) in [4.78, 5) is 10.3. The third-order valence-electron chi connectivity index (χ3n) is 8.62. The first kappa shape index (κ1) is 22.1. The van der Waals surface area contributed by atoms with Gasteiger partial charge < -0.3 is 14.1 Å². The summed E-state index contributed by atoms with van der Waals surface area (Å²) in [5.74, 6) is 2.19. The number of allylic oxidation sites excluding steroid dienone is 1. The molecule has 0 amide bonds. The molecule has 3 fully saturated rings. The van der Waals surface area contributed by atoms with Crippen LogP contribution in [0.2, 0.25) is 19.6 Å². The van der Waals surface area contributed by atoms with Crippen LogP contribution in [-0.4, -0.2) is 40.6 Å². The number of fused-ring (bicyclic) bond motifs is 5. The van der Waals surface area contributed by atoms with E-state index in [0.29, 0.717) is 5.92 Å². The minimum Gasteiger partial charge on any atom is -0.417 e. The van der Waals surface area contributed by atoms with Crippen molar-refractivity contribution in [3.63, 3.8) is 0 Å². The van der Waals surface area contributed by atoms with Gasteiger partial charge >= 0.3 is 0 Å². The van der Waals surface area contributed by atoms with Gasteiger partial charge in [-0.1, -0.05) is 22.8 Å². The van der Waals surface area contributed by atoms with Gasteiger partial charge in [-0.05, 0) is 94.8 Å². The lowest BCUT2D eigenvalue weighted by molar-refractivity contribution is -0.0451. The van der Waals surface area contributed by atoms with E-state index >= 15 is 0 Å². The minimum atomic E-state index is -1.59. The molecule has 168 valence electrons. The fourth-order valence-electron chi connectivity index (χ4n) is 7.23. The van der Waals surface area contributed by atoms with Gasteiger partial charge in [0.05, 0.1) is 11.4 Å². The molecule has 0 spiro atoms. The van der Waals surface area contributed by atoms with Crippen molar-refractivity contribution >= 4 is 19.7 Å². The fraction of sp³-hybridized carbons (Fsp3) is 0.833. The highest BCUT2D eigenvalue weighted by Gasteiger charge is 2.59. The third kappa shape index (κ3) is 3.68. The lowest BCUT2D eigenvalue weighted by Crippen LogP contribution is -2.54. The van der Waals surface area contributed by atoms with Gasteiger partial charge in [0.15, 0.2) is 8.32 Å². The molecule has 5 atom stereocenters. The van der Waals surface area contributed by atoms with Crippen molar-refractivity contribution in [3.05, 3.63) is 11.6 Å². The van der Waals surface area contributed by atoms with E-state index in [1.165, 1.54) is 37.8 Å². The Kier molecular flexibility index (Phi) is 5.95. The van der Waals surface area contributed by atoms with Gasteiger partial charge in [-0.25, -0.2) is 0 Å². The Hall–Kier alpha value is -1.14. The Morgan fingerprint density at radius 2 is 1.73 bits per heavy atom. The molecular formula is C24H40N2O3Si. The highest BCUT2D eigenvalue weighted by molar-refractivity contribution is 6.69. The minimum absolute atomic E-state index is 0.179. The van der Waals surface area contributed by atoms with Crippen LogP contribution in [0.4, 0.5) is 0 Å². The maximum Gasteiger partial charge on any atom is 0.183 e. The van der Waals surface area contributed by atoms with Crippen LogP contribution in [0.3, 0.4) is 0 Å². The van der Waals surface area contributed by atoms with E-state index in [-0.39, 0.29) is 10.8 Å². The molecule has 0 aromatic carbocycles. The van der Waals surface area contributed by atoms with Crippen molar-refractivity contribution in [1.82, 2.24) is 0 Å². The predicted octanol–water partition coefficient (Wildman–Crippen LogP) is 5.79. The maximum atomic E-state index is 6.65. The molecule has 6 heteroatoms. The topological polar surface area (TPSA) is 52.4 Å². The Labute approximate surface area is 183 Å². The quantitative estimate of drug-likeness (QED) is 0.408. The molecule has 0 heterocycles. The van der Waals surface area contributed by atoms with Crippen molar-refractivity contribution < 1.29 is 14.1 Å². The first-order valence-electron chi connectivity index (χ1n) is 11.8. The van der Waals surface area contributed by atoms with Crippen LogP contribution in [0.25, 0.3) is 0 Å². The molecule has 0 saturated heterocycles. The highest BCUT2D eigenvalue weighted by Crippen LogP contribution is 2.64. The molecule has 4 aliphatic rings. The molecule has 4 aliphatic carbocycles. The summed E-state index contributed by atoms with van der Waals surface area (Å²) in [5.41, 5.74) is 4.39. The van der Waals surface area contributed by atoms with E-state index < -0.39 is 8.32 Å². The largest absolute Gasteiger partial charge is 0.417 e. The smallest absolute Gasteiger partial charge is 0.183 e. The zero-order valence-electron chi connectivity index (χ0n) is 19.8. The second kappa shape index (κ2) is 8.08. The first-order valence-corrected chi connectivity index (χ1v) is 15.2. The maximum absolute atomic E-state index is 6.65. The molecule has 0 bridgehead atoms. The number of nitrogens with zero attached hydrogens (tertiary/aromatic N) is 2. The molecule has 5 nitrogen and oxygen atoms in total. The lowest BCUT2D eigenvalue weighted by atomic mass is 9.47. The van der Waals surface area contributed by atoms with E-state index in [9.17, 15) is 0 Å². The summed E-state index contributed by atoms with van der Waals surface area (Å²) in [7, 11) is 1.75. The summed E-state index contributed by atoms with van der Waals surface area (Å²) in [6.07, 6.45) is 11.8. The molecule has 3 saturated carbocycles. The van der Waals surface area contributed by atoms with E-state index in [2.05, 4.69) is 43.0 Å². The van der Waals surface area contributed by atoms with Crippen LogP contribution in [0, 0.1) is 28.6 Å². The van der Waals surface area contributed by atoms with Gasteiger partial charge in [0.2, 0.25) is 0 Å². The fourth-order valence-corrected chi connectivity index (χ4v) is 7.92. The normalized spacial score (nSPS) is 41.1. The average Bonchev–Trinajstić information content (AvgIpc) is 3.03. The van der Waals surface area contributed by atoms with E-state index in [0.717, 1.165) is 43.4 Å². The van der Waals surface area contributed by atoms with Gasteiger partial charge in [0, 0.05) is 17.4 Å². The van der Waals surface area contributed by atoms with Crippen molar-refractivity contribution in [2.45, 2.75) is 77.9 Å². The van der Waals surface area contributed by atoms with Crippen molar-refractivity contribution in [3.8, 4) is 0 Å². The standard InChI is InChI=1S/C24H40N2O3Si/c1-23-13-12-21-19(20(23)9-10-22(23)26-28-3)8-7-17-15-18(25-27-2)11-14-24(17,21)16-29-30(4,5)6/h15,19-21H,7-14,16H2,1-6H3/t19-,20-,21-,23-,24+/m0/s1. The lowest BCUT2D eigenvalue weighted by Gasteiger charge is -2.58. The molecule has 0 N–H and O–H groups in total. The summed E-state index contributed by atoms with van der Waals surface area (Å²) in [6.45, 7) is 10.3. The zero-order valence-corrected chi connectivity index (χ0v) is 20.8. The molecular weight excluding hydrogens is 392 g/mol. The van der Waals surface area contributed by atoms with E-state index in [1.807, 2.05) is 0 Å². The average molecular weight is 433 g/mol. The molecule has 30 heavy (non-hydrogen) atoms. The van der Waals surface area contributed by atoms with Gasteiger partial charge in [0.1, 0.15) is 14.2 Å². The van der Waals surface area contributed by atoms with Crippen LogP contribution < -0.4 is 0 Å². The van der Waals surface area contributed by atoms with Crippen LogP contribution in [-0.2, 0) is 14.1 Å². The second-order valence-corrected chi connectivity index (χ2v) is 15.6. The Morgan fingerprint density at radius 3 is 2.43 bits per heavy atom. The summed E-state index contributed by atoms with van der Waals surface area (Å²) in [6, 6.07) is 0. The van der Waals surface area contributed by atoms with Crippen molar-refractivity contribution in [1.29, 1.82) is 0 Å². The van der Waals surface area contributed by atoms with Crippen LogP contribution in [0.15, 0.2) is 22.0 Å². The Bertz CT molecular complexity index is 756. The van der Waals surface area contributed by atoms with E-state index in [4.69, 9.17) is 14.1 Å². The number of oxime groups is 2. The van der Waals surface area contributed by atoms with Crippen molar-refractivity contribution in [2.24, 2.45) is 38.9 Å². The molecule has 0 aromatic heterocycles. The van der Waals surface area contributed by atoms with Crippen LogP contribution in [0.5, 0.6) is 0 Å². The van der Waals surface area contributed by atoms with Crippen LogP contribution in [0.1, 0.15) is 58.3 Å². The van der Waals surface area contributed by atoms with Gasteiger partial charge in [-0.3, -0.25) is 0 Å². The van der Waals surface area contributed by atoms with Gasteiger partial charge in [0.25, 0.3) is 0 Å². The predicted molar refractivity (Wildman–Crippen MR) is 124 cm³/mol. The van der Waals surface area contributed by atoms with Crippen molar-refractivity contribution in [2.75, 3.05) is 20.8 Å². The monoisotopic (exact) mass is 432 g/mol. The SMILES string of the molecule is CON=C1C=C2CC[C@@H]3[C@H](CC[C@]4(C)C(=NOC)CC[C@@H]34)[C@@]2(CO[Si](C)(C)C)CC1. The van der Waals surface area contributed by atoms with Gasteiger partial charge in [-0.2, -0.15) is 0 Å². The van der Waals surface area contributed by atoms with Gasteiger partial charge in [-0.15, -0.1) is 0 Å². The second-order valence-electron chi connectivity index (χ2n) is 11.1.